The summed E-state index contributed by atoms with van der Waals surface area (Å²) in [6.45, 7) is 2.52. The minimum absolute atomic E-state index is 0.0431. The van der Waals surface area contributed by atoms with Gasteiger partial charge in [-0.2, -0.15) is 26.3 Å². The molecule has 2 heterocycles. The third kappa shape index (κ3) is 8.05. The molecular weight excluding hydrogens is 582 g/mol. The number of alkyl halides is 6. The fourth-order valence-corrected chi connectivity index (χ4v) is 4.52. The number of methoxy groups -OCH3 is 1. The lowest BCUT2D eigenvalue weighted by Crippen LogP contribution is -2.59. The summed E-state index contributed by atoms with van der Waals surface area (Å²) in [5.74, 6) is -1.16. The first kappa shape index (κ1) is 33.4. The maximum atomic E-state index is 14.9. The van der Waals surface area contributed by atoms with E-state index in [0.717, 1.165) is 12.1 Å². The van der Waals surface area contributed by atoms with Crippen LogP contribution >= 0.6 is 0 Å². The lowest BCUT2D eigenvalue weighted by molar-refractivity contribution is -0.201. The molecule has 1 aromatic heterocycles. The number of aliphatic imine (C=N–C) groups is 1. The van der Waals surface area contributed by atoms with Crippen molar-refractivity contribution < 1.29 is 45.4 Å². The van der Waals surface area contributed by atoms with Gasteiger partial charge in [-0.25, -0.2) is 0 Å². The van der Waals surface area contributed by atoms with Crippen LogP contribution in [0.5, 0.6) is 11.5 Å². The van der Waals surface area contributed by atoms with Gasteiger partial charge in [0.05, 0.1) is 31.0 Å². The molecule has 8 nitrogen and oxygen atoms in total. The number of ether oxygens (including phenoxy) is 2. The molecule has 43 heavy (non-hydrogen) atoms. The van der Waals surface area contributed by atoms with Crippen LogP contribution in [-0.2, 0) is 15.1 Å². The van der Waals surface area contributed by atoms with Gasteiger partial charge in [-0.15, -0.1) is 0 Å². The molecule has 1 aromatic carbocycles. The number of pyridine rings is 1. The van der Waals surface area contributed by atoms with Gasteiger partial charge in [0.2, 0.25) is 11.8 Å². The number of hydrogen-bond acceptors (Lipinski definition) is 6. The zero-order valence-electron chi connectivity index (χ0n) is 23.9. The van der Waals surface area contributed by atoms with Gasteiger partial charge in [0.1, 0.15) is 11.5 Å². The van der Waals surface area contributed by atoms with Gasteiger partial charge in [-0.3, -0.25) is 19.6 Å². The largest absolute Gasteiger partial charge is 0.495 e. The molecule has 0 bridgehead atoms. The molecule has 0 saturated carbocycles. The van der Waals surface area contributed by atoms with Crippen molar-refractivity contribution in [1.29, 1.82) is 0 Å². The summed E-state index contributed by atoms with van der Waals surface area (Å²) < 4.78 is 92.2. The molecule has 0 radical (unpaired) electrons. The Labute approximate surface area is 244 Å². The number of nitrogens with one attached hydrogen (secondary N) is 2. The van der Waals surface area contributed by atoms with Crippen LogP contribution in [0.2, 0.25) is 0 Å². The topological polar surface area (TPSA) is 102 Å². The average Bonchev–Trinajstić information content (AvgIpc) is 2.93. The van der Waals surface area contributed by atoms with E-state index in [0.29, 0.717) is 5.75 Å². The maximum Gasteiger partial charge on any atom is 0.416 e. The Morgan fingerprint density at radius 1 is 1.09 bits per heavy atom. The SMILES string of the molecule is CN=CC(C)(C)C(=O)NCC1=C(c2ccc(OC)cn2)C[C@](c2ccc(OCCCC(F)(F)F)cc2)(C(F)(F)F)NC1=O. The average molecular weight is 615 g/mol. The number of carbonyl (C=O) groups is 2. The van der Waals surface area contributed by atoms with Gasteiger partial charge >= 0.3 is 12.4 Å². The molecule has 2 aromatic rings. The van der Waals surface area contributed by atoms with E-state index in [1.54, 1.807) is 13.8 Å². The number of rotatable bonds is 11. The van der Waals surface area contributed by atoms with E-state index in [9.17, 15) is 35.9 Å². The summed E-state index contributed by atoms with van der Waals surface area (Å²) in [4.78, 5) is 34.3. The van der Waals surface area contributed by atoms with Crippen molar-refractivity contribution in [3.63, 3.8) is 0 Å². The summed E-state index contributed by atoms with van der Waals surface area (Å²) in [5.41, 5.74) is -4.35. The van der Waals surface area contributed by atoms with Crippen LogP contribution in [0, 0.1) is 5.41 Å². The molecule has 0 aliphatic carbocycles. The first-order chi connectivity index (χ1) is 20.0. The number of aromatic nitrogens is 1. The second-order valence-electron chi connectivity index (χ2n) is 10.5. The second-order valence-corrected chi connectivity index (χ2v) is 10.5. The van der Waals surface area contributed by atoms with E-state index in [1.165, 1.54) is 50.8 Å². The highest BCUT2D eigenvalue weighted by Gasteiger charge is 2.59. The van der Waals surface area contributed by atoms with Crippen molar-refractivity contribution in [1.82, 2.24) is 15.6 Å². The van der Waals surface area contributed by atoms with E-state index in [-0.39, 0.29) is 47.7 Å². The van der Waals surface area contributed by atoms with Gasteiger partial charge < -0.3 is 20.1 Å². The van der Waals surface area contributed by atoms with Crippen LogP contribution in [0.3, 0.4) is 0 Å². The van der Waals surface area contributed by atoms with Crippen molar-refractivity contribution in [2.75, 3.05) is 27.3 Å². The van der Waals surface area contributed by atoms with E-state index < -0.39 is 48.0 Å². The zero-order valence-corrected chi connectivity index (χ0v) is 23.9. The first-order valence-electron chi connectivity index (χ1n) is 13.2. The molecule has 0 spiro atoms. The van der Waals surface area contributed by atoms with Crippen molar-refractivity contribution in [3.8, 4) is 11.5 Å². The minimum atomic E-state index is -5.00. The van der Waals surface area contributed by atoms with E-state index >= 15 is 0 Å². The van der Waals surface area contributed by atoms with E-state index in [2.05, 4.69) is 20.6 Å². The standard InChI is InChI=1S/C29H32F6N4O4/c1-26(2,17-36-3)25(41)38-16-22-21(23-11-10-20(42-4)15-37-23)14-27(29(33,34)35,39-24(22)40)18-6-8-19(9-7-18)43-13-5-12-28(30,31)32/h6-11,15,17H,5,12-14,16H2,1-4H3,(H,38,41)(H,39,40)/t27-/m0/s1. The Balaban J connectivity index is 2.00. The van der Waals surface area contributed by atoms with Crippen LogP contribution in [0.1, 0.15) is 44.4 Å². The maximum absolute atomic E-state index is 14.9. The summed E-state index contributed by atoms with van der Waals surface area (Å²) in [6.07, 6.45) is -8.79. The van der Waals surface area contributed by atoms with Crippen molar-refractivity contribution in [3.05, 3.63) is 59.4 Å². The summed E-state index contributed by atoms with van der Waals surface area (Å²) in [6, 6.07) is 7.51. The molecule has 2 N–H and O–H groups in total. The summed E-state index contributed by atoms with van der Waals surface area (Å²) >= 11 is 0. The molecule has 2 amide bonds. The predicted octanol–water partition coefficient (Wildman–Crippen LogP) is 5.39. The smallest absolute Gasteiger partial charge is 0.416 e. The Hall–Kier alpha value is -4.10. The molecule has 234 valence electrons. The summed E-state index contributed by atoms with van der Waals surface area (Å²) in [5, 5.41) is 4.72. The van der Waals surface area contributed by atoms with E-state index in [4.69, 9.17) is 9.47 Å². The Bertz CT molecular complexity index is 1350. The molecular formula is C29H32F6N4O4. The van der Waals surface area contributed by atoms with Gasteiger partial charge in [0.15, 0.2) is 5.54 Å². The van der Waals surface area contributed by atoms with Crippen LogP contribution in [-0.4, -0.2) is 62.7 Å². The number of halogens is 6. The Morgan fingerprint density at radius 3 is 2.28 bits per heavy atom. The molecule has 1 atom stereocenters. The molecule has 14 heteroatoms. The Kier molecular flexibility index (Phi) is 10.1. The van der Waals surface area contributed by atoms with Crippen LogP contribution < -0.4 is 20.1 Å². The Morgan fingerprint density at radius 2 is 1.74 bits per heavy atom. The fourth-order valence-electron chi connectivity index (χ4n) is 4.52. The first-order valence-corrected chi connectivity index (χ1v) is 13.2. The minimum Gasteiger partial charge on any atom is -0.495 e. The number of carbonyl (C=O) groups excluding carboxylic acids is 2. The molecule has 0 saturated heterocycles. The van der Waals surface area contributed by atoms with Gasteiger partial charge in [0.25, 0.3) is 0 Å². The number of benzene rings is 1. The van der Waals surface area contributed by atoms with Gasteiger partial charge in [-0.1, -0.05) is 12.1 Å². The highest BCUT2D eigenvalue weighted by molar-refractivity contribution is 6.05. The molecule has 0 unspecified atom stereocenters. The highest BCUT2D eigenvalue weighted by atomic mass is 19.4. The third-order valence-corrected chi connectivity index (χ3v) is 6.86. The van der Waals surface area contributed by atoms with E-state index in [1.807, 2.05) is 0 Å². The van der Waals surface area contributed by atoms with Gasteiger partial charge in [0, 0.05) is 38.2 Å². The van der Waals surface area contributed by atoms with Crippen LogP contribution in [0.25, 0.3) is 5.57 Å². The monoisotopic (exact) mass is 614 g/mol. The van der Waals surface area contributed by atoms with Crippen molar-refractivity contribution in [2.45, 2.75) is 51.0 Å². The quantitative estimate of drug-likeness (QED) is 0.201. The number of hydrogen-bond donors (Lipinski definition) is 2. The normalized spacial score (nSPS) is 18.0. The van der Waals surface area contributed by atoms with Crippen LogP contribution in [0.4, 0.5) is 26.3 Å². The fraction of sp³-hybridized carbons (Fsp3) is 0.448. The summed E-state index contributed by atoms with van der Waals surface area (Å²) in [7, 11) is 2.88. The molecule has 1 aliphatic heterocycles. The number of amides is 2. The molecule has 0 fully saturated rings. The lowest BCUT2D eigenvalue weighted by Gasteiger charge is -2.41. The lowest BCUT2D eigenvalue weighted by atomic mass is 9.77. The van der Waals surface area contributed by atoms with Gasteiger partial charge in [-0.05, 0) is 55.7 Å². The van der Waals surface area contributed by atoms with Crippen molar-refractivity contribution >= 4 is 23.6 Å². The van der Waals surface area contributed by atoms with Crippen LogP contribution in [0.15, 0.2) is 53.2 Å². The second kappa shape index (κ2) is 13.0. The van der Waals surface area contributed by atoms with Crippen molar-refractivity contribution in [2.24, 2.45) is 10.4 Å². The third-order valence-electron chi connectivity index (χ3n) is 6.86. The highest BCUT2D eigenvalue weighted by Crippen LogP contribution is 2.48. The zero-order chi connectivity index (χ0) is 32.1. The predicted molar refractivity (Wildman–Crippen MR) is 147 cm³/mol. The molecule has 3 rings (SSSR count). The number of nitrogens with zero attached hydrogens (tertiary/aromatic N) is 2. The molecule has 1 aliphatic rings.